The highest BCUT2D eigenvalue weighted by atomic mass is 16.5. The fraction of sp³-hybridized carbons (Fsp3) is 0.600. The molecular formula is C15H22N2O. The van der Waals surface area contributed by atoms with E-state index in [4.69, 9.17) is 10.6 Å². The minimum atomic E-state index is 0.424. The summed E-state index contributed by atoms with van der Waals surface area (Å²) in [6.07, 6.45) is 5.24. The lowest BCUT2D eigenvalue weighted by Crippen LogP contribution is -2.39. The van der Waals surface area contributed by atoms with Crippen LogP contribution in [0, 0.1) is 17.8 Å². The van der Waals surface area contributed by atoms with E-state index in [9.17, 15) is 0 Å². The Labute approximate surface area is 109 Å². The average Bonchev–Trinajstić information content (AvgIpc) is 2.88. The molecule has 0 bridgehead atoms. The summed E-state index contributed by atoms with van der Waals surface area (Å²) in [6, 6.07) is 8.73. The second-order valence-corrected chi connectivity index (χ2v) is 5.66. The van der Waals surface area contributed by atoms with Crippen molar-refractivity contribution in [2.75, 3.05) is 7.11 Å². The van der Waals surface area contributed by atoms with E-state index >= 15 is 0 Å². The molecule has 2 aliphatic carbocycles. The Kier molecular flexibility index (Phi) is 3.27. The number of nitrogens with one attached hydrogen (secondary N) is 1. The van der Waals surface area contributed by atoms with Crippen molar-refractivity contribution in [3.05, 3.63) is 29.8 Å². The van der Waals surface area contributed by atoms with Crippen LogP contribution >= 0.6 is 0 Å². The normalized spacial score (nSPS) is 30.9. The third kappa shape index (κ3) is 2.13. The maximum absolute atomic E-state index is 5.75. The van der Waals surface area contributed by atoms with Crippen molar-refractivity contribution in [2.45, 2.75) is 31.7 Å². The van der Waals surface area contributed by atoms with Gasteiger partial charge in [-0.3, -0.25) is 11.3 Å². The van der Waals surface area contributed by atoms with E-state index in [-0.39, 0.29) is 0 Å². The second kappa shape index (κ2) is 4.90. The molecule has 2 aliphatic rings. The molecule has 0 spiro atoms. The molecule has 3 heteroatoms. The quantitative estimate of drug-likeness (QED) is 0.618. The number of methoxy groups -OCH3 is 1. The van der Waals surface area contributed by atoms with Crippen LogP contribution in [-0.4, -0.2) is 13.2 Å². The highest BCUT2D eigenvalue weighted by molar-refractivity contribution is 5.29. The molecule has 0 aromatic heterocycles. The first-order valence-corrected chi connectivity index (χ1v) is 6.92. The van der Waals surface area contributed by atoms with Crippen LogP contribution < -0.4 is 16.0 Å². The molecule has 3 rings (SSSR count). The predicted molar refractivity (Wildman–Crippen MR) is 72.1 cm³/mol. The summed E-state index contributed by atoms with van der Waals surface area (Å²) >= 11 is 0. The number of nitrogens with two attached hydrogens (primary N) is 1. The van der Waals surface area contributed by atoms with Gasteiger partial charge in [-0.1, -0.05) is 18.6 Å². The predicted octanol–water partition coefficient (Wildman–Crippen LogP) is 2.12. The Morgan fingerprint density at radius 3 is 2.83 bits per heavy atom. The Bertz CT molecular complexity index is 411. The zero-order valence-corrected chi connectivity index (χ0v) is 10.9. The third-order valence-corrected chi connectivity index (χ3v) is 4.74. The van der Waals surface area contributed by atoms with Crippen LogP contribution in [0.25, 0.3) is 0 Å². The molecule has 18 heavy (non-hydrogen) atoms. The minimum absolute atomic E-state index is 0.424. The van der Waals surface area contributed by atoms with Gasteiger partial charge in [0.05, 0.1) is 7.11 Å². The molecule has 3 unspecified atom stereocenters. The van der Waals surface area contributed by atoms with E-state index in [1.807, 2.05) is 6.07 Å². The van der Waals surface area contributed by atoms with Crippen LogP contribution in [0.2, 0.25) is 0 Å². The van der Waals surface area contributed by atoms with Crippen molar-refractivity contribution in [3.63, 3.8) is 0 Å². The number of ether oxygens (including phenoxy) is 1. The summed E-state index contributed by atoms with van der Waals surface area (Å²) in [5, 5.41) is 0. The van der Waals surface area contributed by atoms with Crippen LogP contribution in [0.15, 0.2) is 24.3 Å². The van der Waals surface area contributed by atoms with Gasteiger partial charge < -0.3 is 4.74 Å². The molecule has 3 N–H and O–H groups in total. The van der Waals surface area contributed by atoms with Crippen molar-refractivity contribution in [1.29, 1.82) is 0 Å². The first kappa shape index (κ1) is 12.0. The van der Waals surface area contributed by atoms with Crippen LogP contribution in [-0.2, 0) is 6.42 Å². The largest absolute Gasteiger partial charge is 0.497 e. The van der Waals surface area contributed by atoms with Crippen LogP contribution in [0.4, 0.5) is 0 Å². The number of rotatable bonds is 5. The molecule has 0 amide bonds. The summed E-state index contributed by atoms with van der Waals surface area (Å²) in [7, 11) is 1.71. The Balaban J connectivity index is 1.66. The van der Waals surface area contributed by atoms with Gasteiger partial charge in [-0.05, 0) is 54.7 Å². The molecule has 0 radical (unpaired) electrons. The molecule has 0 aliphatic heterocycles. The first-order chi connectivity index (χ1) is 8.83. The number of benzene rings is 1. The van der Waals surface area contributed by atoms with Crippen LogP contribution in [0.3, 0.4) is 0 Å². The summed E-state index contributed by atoms with van der Waals surface area (Å²) in [4.78, 5) is 0. The Morgan fingerprint density at radius 2 is 2.17 bits per heavy atom. The maximum Gasteiger partial charge on any atom is 0.119 e. The number of hydrogen-bond donors (Lipinski definition) is 2. The van der Waals surface area contributed by atoms with Crippen molar-refractivity contribution < 1.29 is 4.74 Å². The monoisotopic (exact) mass is 246 g/mol. The van der Waals surface area contributed by atoms with E-state index in [0.29, 0.717) is 6.04 Å². The Hall–Kier alpha value is -1.06. The Morgan fingerprint density at radius 1 is 1.39 bits per heavy atom. The number of hydrazine groups is 1. The molecule has 98 valence electrons. The molecule has 0 saturated heterocycles. The molecule has 1 aromatic carbocycles. The van der Waals surface area contributed by atoms with Gasteiger partial charge in [0, 0.05) is 6.04 Å². The van der Waals surface area contributed by atoms with Gasteiger partial charge in [-0.15, -0.1) is 0 Å². The lowest BCUT2D eigenvalue weighted by Gasteiger charge is -2.18. The lowest BCUT2D eigenvalue weighted by atomic mass is 9.97. The fourth-order valence-corrected chi connectivity index (χ4v) is 3.83. The smallest absolute Gasteiger partial charge is 0.119 e. The van der Waals surface area contributed by atoms with E-state index < -0.39 is 0 Å². The van der Waals surface area contributed by atoms with E-state index in [0.717, 1.165) is 29.9 Å². The molecule has 0 heterocycles. The van der Waals surface area contributed by atoms with Gasteiger partial charge in [-0.25, -0.2) is 0 Å². The van der Waals surface area contributed by atoms with Gasteiger partial charge in [0.25, 0.3) is 0 Å². The standard InChI is InChI=1S/C15H22N2O/c1-18-11-5-2-4-10(8-11)9-14(17-16)15-12-6-3-7-13(12)15/h2,4-5,8,12-15,17H,3,6-7,9,16H2,1H3. The van der Waals surface area contributed by atoms with Gasteiger partial charge in [0.15, 0.2) is 0 Å². The summed E-state index contributed by atoms with van der Waals surface area (Å²) in [5.41, 5.74) is 4.35. The third-order valence-electron chi connectivity index (χ3n) is 4.74. The molecule has 3 atom stereocenters. The average molecular weight is 246 g/mol. The highest BCUT2D eigenvalue weighted by Gasteiger charge is 2.55. The lowest BCUT2D eigenvalue weighted by molar-refractivity contribution is 0.404. The number of fused-ring (bicyclic) bond motifs is 1. The molecule has 3 nitrogen and oxygen atoms in total. The van der Waals surface area contributed by atoms with Crippen molar-refractivity contribution >= 4 is 0 Å². The van der Waals surface area contributed by atoms with Crippen molar-refractivity contribution in [3.8, 4) is 5.75 Å². The number of hydrogen-bond acceptors (Lipinski definition) is 3. The summed E-state index contributed by atoms with van der Waals surface area (Å²) in [5.74, 6) is 9.37. The van der Waals surface area contributed by atoms with E-state index in [1.54, 1.807) is 7.11 Å². The zero-order valence-electron chi connectivity index (χ0n) is 10.9. The molecule has 2 fully saturated rings. The van der Waals surface area contributed by atoms with Gasteiger partial charge in [0.2, 0.25) is 0 Å². The van der Waals surface area contributed by atoms with Gasteiger partial charge in [0.1, 0.15) is 5.75 Å². The maximum atomic E-state index is 5.75. The van der Waals surface area contributed by atoms with Gasteiger partial charge >= 0.3 is 0 Å². The highest BCUT2D eigenvalue weighted by Crippen LogP contribution is 2.59. The summed E-state index contributed by atoms with van der Waals surface area (Å²) < 4.78 is 5.27. The first-order valence-electron chi connectivity index (χ1n) is 6.92. The fourth-order valence-electron chi connectivity index (χ4n) is 3.83. The summed E-state index contributed by atoms with van der Waals surface area (Å²) in [6.45, 7) is 0. The van der Waals surface area contributed by atoms with Crippen LogP contribution in [0.1, 0.15) is 24.8 Å². The molecule has 2 saturated carbocycles. The van der Waals surface area contributed by atoms with Crippen molar-refractivity contribution in [1.82, 2.24) is 5.43 Å². The van der Waals surface area contributed by atoms with Crippen LogP contribution in [0.5, 0.6) is 5.75 Å². The molecular weight excluding hydrogens is 224 g/mol. The van der Waals surface area contributed by atoms with Gasteiger partial charge in [-0.2, -0.15) is 0 Å². The zero-order chi connectivity index (χ0) is 12.5. The van der Waals surface area contributed by atoms with E-state index in [2.05, 4.69) is 23.6 Å². The topological polar surface area (TPSA) is 47.3 Å². The molecule has 1 aromatic rings. The SMILES string of the molecule is COc1cccc(CC(NN)C2C3CCCC32)c1. The second-order valence-electron chi connectivity index (χ2n) is 5.66. The van der Waals surface area contributed by atoms with Crippen molar-refractivity contribution in [2.24, 2.45) is 23.6 Å². The van der Waals surface area contributed by atoms with E-state index in [1.165, 1.54) is 24.8 Å². The minimum Gasteiger partial charge on any atom is -0.497 e.